The number of carbonyl (C=O) groups is 2. The van der Waals surface area contributed by atoms with E-state index >= 15 is 0 Å². The Hall–Kier alpha value is -1.66. The van der Waals surface area contributed by atoms with Crippen LogP contribution in [0.5, 0.6) is 0 Å². The molecule has 3 rings (SSSR count). The van der Waals surface area contributed by atoms with Crippen molar-refractivity contribution in [2.45, 2.75) is 31.5 Å². The zero-order chi connectivity index (χ0) is 14.8. The molecule has 0 saturated carbocycles. The predicted molar refractivity (Wildman–Crippen MR) is 75.2 cm³/mol. The van der Waals surface area contributed by atoms with Gasteiger partial charge in [-0.05, 0) is 24.8 Å². The molecule has 0 amide bonds. The van der Waals surface area contributed by atoms with Gasteiger partial charge in [-0.2, -0.15) is 0 Å². The van der Waals surface area contributed by atoms with E-state index in [1.165, 1.54) is 12.7 Å². The lowest BCUT2D eigenvalue weighted by atomic mass is 9.99. The van der Waals surface area contributed by atoms with E-state index in [4.69, 9.17) is 4.74 Å². The van der Waals surface area contributed by atoms with Gasteiger partial charge in [-0.1, -0.05) is 12.2 Å². The first-order chi connectivity index (χ1) is 10.2. The van der Waals surface area contributed by atoms with E-state index in [2.05, 4.69) is 21.4 Å². The van der Waals surface area contributed by atoms with Gasteiger partial charge in [0.2, 0.25) is 0 Å². The molecule has 0 bridgehead atoms. The van der Waals surface area contributed by atoms with Crippen LogP contribution in [0.4, 0.5) is 0 Å². The third-order valence-corrected chi connectivity index (χ3v) is 4.29. The first kappa shape index (κ1) is 14.3. The van der Waals surface area contributed by atoms with Crippen molar-refractivity contribution in [2.24, 2.45) is 5.92 Å². The standard InChI is InChI=1S/C15H20N2O4/c1-20-15(19)12-6-10(8-16-12)14(18)21-13-11-5-3-2-4-9(11)7-17-13/h3,5,10,12-13,16-17H,2,4,6-8H2,1H3. The number of hydrogen-bond donors (Lipinski definition) is 2. The Morgan fingerprint density at radius 2 is 2.14 bits per heavy atom. The van der Waals surface area contributed by atoms with Gasteiger partial charge >= 0.3 is 11.9 Å². The van der Waals surface area contributed by atoms with Gasteiger partial charge in [-0.25, -0.2) is 0 Å². The zero-order valence-corrected chi connectivity index (χ0v) is 12.1. The van der Waals surface area contributed by atoms with Gasteiger partial charge in [0.1, 0.15) is 6.04 Å². The Kier molecular flexibility index (Phi) is 4.07. The maximum Gasteiger partial charge on any atom is 0.322 e. The lowest BCUT2D eigenvalue weighted by molar-refractivity contribution is -0.152. The molecule has 0 aromatic rings. The van der Waals surface area contributed by atoms with Crippen molar-refractivity contribution in [3.63, 3.8) is 0 Å². The molecule has 0 aromatic carbocycles. The molecule has 6 nitrogen and oxygen atoms in total. The minimum absolute atomic E-state index is 0.265. The molecule has 3 atom stereocenters. The SMILES string of the molecule is COC(=O)C1CC(C(=O)OC2NCC3=C2C=CCC3)CN1. The molecule has 1 aliphatic carbocycles. The van der Waals surface area contributed by atoms with Crippen LogP contribution in [0, 0.1) is 5.92 Å². The van der Waals surface area contributed by atoms with Crippen molar-refractivity contribution < 1.29 is 19.1 Å². The summed E-state index contributed by atoms with van der Waals surface area (Å²) in [5.74, 6) is -0.892. The molecule has 2 N–H and O–H groups in total. The Morgan fingerprint density at radius 1 is 1.29 bits per heavy atom. The summed E-state index contributed by atoms with van der Waals surface area (Å²) in [6.45, 7) is 1.23. The Bertz CT molecular complexity index is 512. The van der Waals surface area contributed by atoms with Crippen molar-refractivity contribution in [1.29, 1.82) is 0 Å². The van der Waals surface area contributed by atoms with E-state index in [0.717, 1.165) is 25.0 Å². The van der Waals surface area contributed by atoms with Crippen molar-refractivity contribution in [3.05, 3.63) is 23.3 Å². The number of hydrogen-bond acceptors (Lipinski definition) is 6. The van der Waals surface area contributed by atoms with Gasteiger partial charge in [-0.15, -0.1) is 0 Å². The lowest BCUT2D eigenvalue weighted by Gasteiger charge is -2.18. The number of methoxy groups -OCH3 is 1. The number of ether oxygens (including phenoxy) is 2. The molecule has 114 valence electrons. The highest BCUT2D eigenvalue weighted by molar-refractivity contribution is 5.80. The summed E-state index contributed by atoms with van der Waals surface area (Å²) in [5, 5.41) is 6.22. The fraction of sp³-hybridized carbons (Fsp3) is 0.600. The molecular formula is C15H20N2O4. The van der Waals surface area contributed by atoms with Crippen LogP contribution in [0.15, 0.2) is 23.3 Å². The number of rotatable bonds is 3. The van der Waals surface area contributed by atoms with Gasteiger partial charge in [0.25, 0.3) is 0 Å². The quantitative estimate of drug-likeness (QED) is 0.727. The number of esters is 2. The fourth-order valence-electron chi connectivity index (χ4n) is 3.07. The molecule has 2 heterocycles. The van der Waals surface area contributed by atoms with Crippen molar-refractivity contribution in [1.82, 2.24) is 10.6 Å². The highest BCUT2D eigenvalue weighted by Crippen LogP contribution is 2.27. The molecule has 0 spiro atoms. The number of carbonyl (C=O) groups excluding carboxylic acids is 2. The van der Waals surface area contributed by atoms with Crippen molar-refractivity contribution >= 4 is 11.9 Å². The summed E-state index contributed by atoms with van der Waals surface area (Å²) in [7, 11) is 1.35. The topological polar surface area (TPSA) is 76.7 Å². The van der Waals surface area contributed by atoms with E-state index < -0.39 is 6.04 Å². The van der Waals surface area contributed by atoms with Gasteiger partial charge in [0, 0.05) is 18.7 Å². The predicted octanol–water partition coefficient (Wildman–Crippen LogP) is 0.257. The molecule has 21 heavy (non-hydrogen) atoms. The monoisotopic (exact) mass is 292 g/mol. The number of allylic oxidation sites excluding steroid dienone is 1. The third-order valence-electron chi connectivity index (χ3n) is 4.29. The Balaban J connectivity index is 1.57. The van der Waals surface area contributed by atoms with Gasteiger partial charge < -0.3 is 14.8 Å². The van der Waals surface area contributed by atoms with Crippen LogP contribution < -0.4 is 10.6 Å². The summed E-state index contributed by atoms with van der Waals surface area (Å²) < 4.78 is 10.3. The van der Waals surface area contributed by atoms with Crippen LogP contribution in [0.25, 0.3) is 0 Å². The molecule has 0 aromatic heterocycles. The highest BCUT2D eigenvalue weighted by Gasteiger charge is 2.37. The minimum Gasteiger partial charge on any atom is -0.468 e. The first-order valence-corrected chi connectivity index (χ1v) is 7.32. The average molecular weight is 292 g/mol. The van der Waals surface area contributed by atoms with Gasteiger partial charge in [0.15, 0.2) is 6.23 Å². The summed E-state index contributed by atoms with van der Waals surface area (Å²) in [6, 6.07) is -0.409. The molecular weight excluding hydrogens is 272 g/mol. The molecule has 1 saturated heterocycles. The third kappa shape index (κ3) is 2.87. The summed E-state index contributed by atoms with van der Waals surface area (Å²) in [5.41, 5.74) is 2.41. The lowest BCUT2D eigenvalue weighted by Crippen LogP contribution is -2.33. The summed E-state index contributed by atoms with van der Waals surface area (Å²) >= 11 is 0. The van der Waals surface area contributed by atoms with Crippen LogP contribution in [0.2, 0.25) is 0 Å². The maximum atomic E-state index is 12.2. The molecule has 0 radical (unpaired) electrons. The molecule has 1 fully saturated rings. The second-order valence-corrected chi connectivity index (χ2v) is 5.61. The Morgan fingerprint density at radius 3 is 2.95 bits per heavy atom. The smallest absolute Gasteiger partial charge is 0.322 e. The maximum absolute atomic E-state index is 12.2. The average Bonchev–Trinajstić information content (AvgIpc) is 3.14. The Labute approximate surface area is 123 Å². The number of nitrogens with one attached hydrogen (secondary N) is 2. The molecule has 2 aliphatic heterocycles. The van der Waals surface area contributed by atoms with E-state index in [-0.39, 0.29) is 24.1 Å². The van der Waals surface area contributed by atoms with Crippen LogP contribution >= 0.6 is 0 Å². The van der Waals surface area contributed by atoms with Gasteiger partial charge in [-0.3, -0.25) is 14.9 Å². The largest absolute Gasteiger partial charge is 0.468 e. The van der Waals surface area contributed by atoms with Crippen LogP contribution in [-0.2, 0) is 19.1 Å². The molecule has 3 aliphatic rings. The molecule has 3 unspecified atom stereocenters. The van der Waals surface area contributed by atoms with Gasteiger partial charge in [0.05, 0.1) is 13.0 Å². The van der Waals surface area contributed by atoms with Crippen molar-refractivity contribution in [2.75, 3.05) is 20.2 Å². The van der Waals surface area contributed by atoms with E-state index in [9.17, 15) is 9.59 Å². The first-order valence-electron chi connectivity index (χ1n) is 7.32. The van der Waals surface area contributed by atoms with E-state index in [1.54, 1.807) is 0 Å². The van der Waals surface area contributed by atoms with Crippen LogP contribution in [-0.4, -0.2) is 44.4 Å². The van der Waals surface area contributed by atoms with E-state index in [1.807, 2.05) is 6.08 Å². The molecule has 6 heteroatoms. The van der Waals surface area contributed by atoms with E-state index in [0.29, 0.717) is 13.0 Å². The normalized spacial score (nSPS) is 31.2. The van der Waals surface area contributed by atoms with Crippen molar-refractivity contribution in [3.8, 4) is 0 Å². The summed E-state index contributed by atoms with van der Waals surface area (Å²) in [6.07, 6.45) is 6.32. The minimum atomic E-state index is -0.409. The van der Waals surface area contributed by atoms with Crippen LogP contribution in [0.1, 0.15) is 19.3 Å². The zero-order valence-electron chi connectivity index (χ0n) is 12.1. The summed E-state index contributed by atoms with van der Waals surface area (Å²) in [4.78, 5) is 23.7. The second kappa shape index (κ2) is 5.99. The second-order valence-electron chi connectivity index (χ2n) is 5.61. The van der Waals surface area contributed by atoms with Crippen LogP contribution in [0.3, 0.4) is 0 Å². The fourth-order valence-corrected chi connectivity index (χ4v) is 3.07. The highest BCUT2D eigenvalue weighted by atomic mass is 16.6.